The highest BCUT2D eigenvalue weighted by Crippen LogP contribution is 2.38. The van der Waals surface area contributed by atoms with Gasteiger partial charge < -0.3 is 15.8 Å². The number of rotatable bonds is 7. The second-order valence-electron chi connectivity index (χ2n) is 9.06. The predicted octanol–water partition coefficient (Wildman–Crippen LogP) is 3.11. The summed E-state index contributed by atoms with van der Waals surface area (Å²) in [5, 5.41) is 8.91. The first-order chi connectivity index (χ1) is 16.8. The third-order valence-corrected chi connectivity index (χ3v) is 6.41. The molecule has 35 heavy (non-hydrogen) atoms. The molecule has 0 unspecified atom stereocenters. The molecule has 2 atom stereocenters. The van der Waals surface area contributed by atoms with Crippen LogP contribution in [0.1, 0.15) is 42.6 Å². The molecule has 8 heteroatoms. The number of methoxy groups -OCH3 is 1. The summed E-state index contributed by atoms with van der Waals surface area (Å²) in [6.45, 7) is 3.73. The number of ether oxygens (including phenoxy) is 1. The number of nitrogens with one attached hydrogen (secondary N) is 1. The number of allylic oxidation sites excluding steroid dienone is 2. The summed E-state index contributed by atoms with van der Waals surface area (Å²) in [4.78, 5) is 36.2. The molecule has 2 aromatic carbocycles. The SMILES string of the molecule is COc1ccc(C2=NN(C(C)C)C(=O)[C@@H]3CC=CC[C@H]23)cc1-c1ccc(C(=O)NCC(N)=O)cc1. The fourth-order valence-corrected chi connectivity index (χ4v) is 4.60. The van der Waals surface area contributed by atoms with Gasteiger partial charge in [-0.3, -0.25) is 14.4 Å². The molecule has 0 saturated carbocycles. The van der Waals surface area contributed by atoms with Gasteiger partial charge in [0.25, 0.3) is 5.91 Å². The first kappa shape index (κ1) is 24.2. The first-order valence-corrected chi connectivity index (χ1v) is 11.7. The van der Waals surface area contributed by atoms with E-state index in [1.54, 1.807) is 24.3 Å². The largest absolute Gasteiger partial charge is 0.496 e. The minimum absolute atomic E-state index is 0.0278. The molecule has 0 spiro atoms. The Morgan fingerprint density at radius 1 is 1.09 bits per heavy atom. The molecule has 0 aromatic heterocycles. The number of nitrogens with zero attached hydrogens (tertiary/aromatic N) is 2. The van der Waals surface area contributed by atoms with E-state index in [0.29, 0.717) is 17.7 Å². The fraction of sp³-hybridized carbons (Fsp3) is 0.333. The van der Waals surface area contributed by atoms with E-state index in [2.05, 4.69) is 17.5 Å². The molecule has 2 aliphatic rings. The third-order valence-electron chi connectivity index (χ3n) is 6.41. The van der Waals surface area contributed by atoms with Crippen LogP contribution in [-0.4, -0.2) is 48.1 Å². The Morgan fingerprint density at radius 2 is 1.74 bits per heavy atom. The number of fused-ring (bicyclic) bond motifs is 1. The maximum atomic E-state index is 13.0. The van der Waals surface area contributed by atoms with Gasteiger partial charge in [0.2, 0.25) is 11.8 Å². The second kappa shape index (κ2) is 10.1. The highest BCUT2D eigenvalue weighted by Gasteiger charge is 2.40. The van der Waals surface area contributed by atoms with Gasteiger partial charge in [-0.15, -0.1) is 0 Å². The Hall–Kier alpha value is -3.94. The van der Waals surface area contributed by atoms with Gasteiger partial charge in [-0.1, -0.05) is 24.3 Å². The van der Waals surface area contributed by atoms with Crippen LogP contribution in [-0.2, 0) is 9.59 Å². The lowest BCUT2D eigenvalue weighted by molar-refractivity contribution is -0.139. The smallest absolute Gasteiger partial charge is 0.251 e. The van der Waals surface area contributed by atoms with Crippen LogP contribution in [0.4, 0.5) is 0 Å². The van der Waals surface area contributed by atoms with Gasteiger partial charge in [0.1, 0.15) is 5.75 Å². The number of carbonyl (C=O) groups excluding carboxylic acids is 3. The van der Waals surface area contributed by atoms with Gasteiger partial charge in [0.15, 0.2) is 0 Å². The van der Waals surface area contributed by atoms with Crippen LogP contribution < -0.4 is 15.8 Å². The number of hydrogen-bond donors (Lipinski definition) is 2. The lowest BCUT2D eigenvalue weighted by Crippen LogP contribution is -2.47. The molecule has 8 nitrogen and oxygen atoms in total. The average Bonchev–Trinajstić information content (AvgIpc) is 2.87. The third kappa shape index (κ3) is 4.96. The van der Waals surface area contributed by atoms with Crippen molar-refractivity contribution in [1.29, 1.82) is 0 Å². The lowest BCUT2D eigenvalue weighted by atomic mass is 9.76. The van der Waals surface area contributed by atoms with Crippen molar-refractivity contribution in [3.63, 3.8) is 0 Å². The quantitative estimate of drug-likeness (QED) is 0.600. The summed E-state index contributed by atoms with van der Waals surface area (Å²) in [5.74, 6) is -0.290. The van der Waals surface area contributed by atoms with Gasteiger partial charge in [0, 0.05) is 23.1 Å². The van der Waals surface area contributed by atoms with E-state index >= 15 is 0 Å². The minimum atomic E-state index is -0.601. The summed E-state index contributed by atoms with van der Waals surface area (Å²) in [5.41, 5.74) is 9.08. The van der Waals surface area contributed by atoms with Gasteiger partial charge in [-0.05, 0) is 68.1 Å². The topological polar surface area (TPSA) is 114 Å². The number of benzene rings is 2. The molecule has 0 bridgehead atoms. The summed E-state index contributed by atoms with van der Waals surface area (Å²) in [7, 11) is 1.61. The molecule has 1 aliphatic carbocycles. The highest BCUT2D eigenvalue weighted by molar-refractivity contribution is 6.08. The summed E-state index contributed by atoms with van der Waals surface area (Å²) < 4.78 is 5.62. The molecule has 3 amide bonds. The maximum absolute atomic E-state index is 13.0. The van der Waals surface area contributed by atoms with Gasteiger partial charge in [0.05, 0.1) is 25.3 Å². The zero-order valence-electron chi connectivity index (χ0n) is 20.2. The molecule has 182 valence electrons. The average molecular weight is 475 g/mol. The number of nitrogens with two attached hydrogens (primary N) is 1. The minimum Gasteiger partial charge on any atom is -0.496 e. The Kier molecular flexibility index (Phi) is 7.00. The molecular formula is C27H30N4O4. The first-order valence-electron chi connectivity index (χ1n) is 11.7. The molecule has 0 fully saturated rings. The van der Waals surface area contributed by atoms with Gasteiger partial charge >= 0.3 is 0 Å². The fourth-order valence-electron chi connectivity index (χ4n) is 4.60. The van der Waals surface area contributed by atoms with Crippen molar-refractivity contribution >= 4 is 23.4 Å². The Labute approximate surface area is 204 Å². The van der Waals surface area contributed by atoms with Crippen molar-refractivity contribution in [1.82, 2.24) is 10.3 Å². The summed E-state index contributed by atoms with van der Waals surface area (Å²) in [6.07, 6.45) is 5.70. The standard InChI is InChI=1S/C27H30N4O4/c1-16(2)31-27(34)21-7-5-4-6-20(21)25(30-31)19-12-13-23(35-3)22(14-19)17-8-10-18(11-9-17)26(33)29-15-24(28)32/h4-5,8-14,16,20-21H,6-7,15H2,1-3H3,(H2,28,32)(H,29,33)/t20-,21+/m0/s1. The van der Waals surface area contributed by atoms with E-state index in [0.717, 1.165) is 28.8 Å². The van der Waals surface area contributed by atoms with Crippen molar-refractivity contribution in [2.75, 3.05) is 13.7 Å². The van der Waals surface area contributed by atoms with Crippen LogP contribution >= 0.6 is 0 Å². The number of hydrogen-bond acceptors (Lipinski definition) is 5. The Morgan fingerprint density at radius 3 is 2.37 bits per heavy atom. The number of amides is 3. The van der Waals surface area contributed by atoms with E-state index < -0.39 is 5.91 Å². The van der Waals surface area contributed by atoms with Crippen LogP contribution in [0.25, 0.3) is 11.1 Å². The number of hydrazone groups is 1. The zero-order chi connectivity index (χ0) is 25.1. The molecule has 0 radical (unpaired) electrons. The van der Waals surface area contributed by atoms with Crippen LogP contribution in [0.15, 0.2) is 59.7 Å². The van der Waals surface area contributed by atoms with E-state index in [1.807, 2.05) is 44.2 Å². The Balaban J connectivity index is 1.70. The van der Waals surface area contributed by atoms with E-state index in [-0.39, 0.29) is 36.2 Å². The zero-order valence-corrected chi connectivity index (χ0v) is 20.2. The number of carbonyl (C=O) groups is 3. The monoisotopic (exact) mass is 474 g/mol. The maximum Gasteiger partial charge on any atom is 0.251 e. The highest BCUT2D eigenvalue weighted by atomic mass is 16.5. The molecule has 1 heterocycles. The molecule has 0 saturated heterocycles. The van der Waals surface area contributed by atoms with Crippen LogP contribution in [0.2, 0.25) is 0 Å². The Bertz CT molecular complexity index is 1200. The molecule has 1 aliphatic heterocycles. The van der Waals surface area contributed by atoms with Crippen molar-refractivity contribution in [3.05, 3.63) is 65.7 Å². The normalized spacial score (nSPS) is 19.3. The summed E-state index contributed by atoms with van der Waals surface area (Å²) in [6, 6.07) is 12.9. The molecule has 2 aromatic rings. The van der Waals surface area contributed by atoms with Crippen molar-refractivity contribution in [3.8, 4) is 16.9 Å². The van der Waals surface area contributed by atoms with Crippen LogP contribution in [0.3, 0.4) is 0 Å². The molecular weight excluding hydrogens is 444 g/mol. The summed E-state index contributed by atoms with van der Waals surface area (Å²) >= 11 is 0. The van der Waals surface area contributed by atoms with Crippen molar-refractivity contribution in [2.24, 2.45) is 22.7 Å². The molecule has 4 rings (SSSR count). The molecule has 3 N–H and O–H groups in total. The van der Waals surface area contributed by atoms with E-state index in [1.165, 1.54) is 0 Å². The van der Waals surface area contributed by atoms with E-state index in [4.69, 9.17) is 15.6 Å². The van der Waals surface area contributed by atoms with Gasteiger partial charge in [-0.2, -0.15) is 5.10 Å². The predicted molar refractivity (Wildman–Crippen MR) is 134 cm³/mol. The second-order valence-corrected chi connectivity index (χ2v) is 9.06. The number of primary amides is 1. The van der Waals surface area contributed by atoms with Crippen LogP contribution in [0.5, 0.6) is 5.75 Å². The van der Waals surface area contributed by atoms with Crippen molar-refractivity contribution < 1.29 is 19.1 Å². The van der Waals surface area contributed by atoms with E-state index in [9.17, 15) is 14.4 Å². The lowest BCUT2D eigenvalue weighted by Gasteiger charge is -2.38. The van der Waals surface area contributed by atoms with Crippen LogP contribution in [0, 0.1) is 11.8 Å². The van der Waals surface area contributed by atoms with Gasteiger partial charge in [-0.25, -0.2) is 5.01 Å². The van der Waals surface area contributed by atoms with Crippen molar-refractivity contribution in [2.45, 2.75) is 32.7 Å².